The maximum Gasteiger partial charge on any atom is 0.0635 e. The van der Waals surface area contributed by atoms with E-state index >= 15 is 0 Å². The van der Waals surface area contributed by atoms with Crippen molar-refractivity contribution < 1.29 is 4.74 Å². The normalized spacial score (nSPS) is 10.4. The average Bonchev–Trinajstić information content (AvgIpc) is 2.37. The third kappa shape index (κ3) is 6.06. The molecular weight excluding hydrogens is 212 g/mol. The second-order valence-electron chi connectivity index (χ2n) is 3.87. The predicted octanol–water partition coefficient (Wildman–Crippen LogP) is 2.44. The van der Waals surface area contributed by atoms with Crippen molar-refractivity contribution in [1.82, 2.24) is 4.90 Å². The summed E-state index contributed by atoms with van der Waals surface area (Å²) < 4.78 is 5.36. The highest BCUT2D eigenvalue weighted by molar-refractivity contribution is 5.14. The van der Waals surface area contributed by atoms with Gasteiger partial charge in [-0.3, -0.25) is 4.90 Å². The lowest BCUT2D eigenvalue weighted by Gasteiger charge is -2.21. The zero-order valence-corrected chi connectivity index (χ0v) is 10.4. The molecule has 3 nitrogen and oxygen atoms in total. The van der Waals surface area contributed by atoms with Crippen LogP contribution in [0.4, 0.5) is 0 Å². The Morgan fingerprint density at radius 3 is 2.65 bits per heavy atom. The fourth-order valence-electron chi connectivity index (χ4n) is 1.66. The zero-order chi connectivity index (χ0) is 12.3. The predicted molar refractivity (Wildman–Crippen MR) is 68.4 cm³/mol. The Balaban J connectivity index is 2.42. The molecule has 92 valence electrons. The van der Waals surface area contributed by atoms with Crippen molar-refractivity contribution in [2.75, 3.05) is 26.3 Å². The Bertz CT molecular complexity index is 332. The van der Waals surface area contributed by atoms with Gasteiger partial charge in [0.2, 0.25) is 0 Å². The van der Waals surface area contributed by atoms with Crippen LogP contribution in [0.15, 0.2) is 30.3 Å². The van der Waals surface area contributed by atoms with Gasteiger partial charge in [0.1, 0.15) is 0 Å². The summed E-state index contributed by atoms with van der Waals surface area (Å²) >= 11 is 0. The van der Waals surface area contributed by atoms with Crippen molar-refractivity contribution in [2.45, 2.75) is 19.9 Å². The molecule has 0 aliphatic rings. The highest BCUT2D eigenvalue weighted by Gasteiger charge is 2.05. The van der Waals surface area contributed by atoms with Gasteiger partial charge in [0.25, 0.3) is 0 Å². The second kappa shape index (κ2) is 8.74. The van der Waals surface area contributed by atoms with Crippen molar-refractivity contribution in [1.29, 1.82) is 5.26 Å². The lowest BCUT2D eigenvalue weighted by Crippen LogP contribution is -2.28. The summed E-state index contributed by atoms with van der Waals surface area (Å²) in [5.74, 6) is 0. The lowest BCUT2D eigenvalue weighted by atomic mass is 10.2. The summed E-state index contributed by atoms with van der Waals surface area (Å²) in [6, 6.07) is 12.5. The van der Waals surface area contributed by atoms with Crippen molar-refractivity contribution >= 4 is 0 Å². The number of ether oxygens (including phenoxy) is 1. The van der Waals surface area contributed by atoms with E-state index in [1.807, 2.05) is 25.1 Å². The van der Waals surface area contributed by atoms with Crippen LogP contribution in [0.5, 0.6) is 0 Å². The highest BCUT2D eigenvalue weighted by Crippen LogP contribution is 2.04. The smallest absolute Gasteiger partial charge is 0.0635 e. The molecule has 0 radical (unpaired) electrons. The van der Waals surface area contributed by atoms with Gasteiger partial charge >= 0.3 is 0 Å². The fourth-order valence-corrected chi connectivity index (χ4v) is 1.66. The van der Waals surface area contributed by atoms with Gasteiger partial charge in [-0.2, -0.15) is 5.26 Å². The topological polar surface area (TPSA) is 36.3 Å². The second-order valence-corrected chi connectivity index (χ2v) is 3.87. The van der Waals surface area contributed by atoms with E-state index in [4.69, 9.17) is 10.00 Å². The molecule has 0 unspecified atom stereocenters. The van der Waals surface area contributed by atoms with Crippen LogP contribution in [-0.2, 0) is 11.3 Å². The summed E-state index contributed by atoms with van der Waals surface area (Å²) in [6.45, 7) is 6.04. The zero-order valence-electron chi connectivity index (χ0n) is 10.4. The van der Waals surface area contributed by atoms with E-state index in [0.717, 1.165) is 32.8 Å². The van der Waals surface area contributed by atoms with E-state index in [1.165, 1.54) is 5.56 Å². The Morgan fingerprint density at radius 2 is 2.00 bits per heavy atom. The molecule has 0 atom stereocenters. The third-order valence-electron chi connectivity index (χ3n) is 2.54. The first kappa shape index (κ1) is 13.7. The highest BCUT2D eigenvalue weighted by atomic mass is 16.5. The molecule has 1 aromatic rings. The van der Waals surface area contributed by atoms with Crippen LogP contribution in [0.3, 0.4) is 0 Å². The SMILES string of the molecule is CCOCCN(CCC#N)Cc1ccccc1. The van der Waals surface area contributed by atoms with Crippen LogP contribution in [0.25, 0.3) is 0 Å². The van der Waals surface area contributed by atoms with Crippen LogP contribution in [-0.4, -0.2) is 31.2 Å². The summed E-state index contributed by atoms with van der Waals surface area (Å²) in [7, 11) is 0. The van der Waals surface area contributed by atoms with Gasteiger partial charge in [-0.15, -0.1) is 0 Å². The Morgan fingerprint density at radius 1 is 1.24 bits per heavy atom. The van der Waals surface area contributed by atoms with E-state index < -0.39 is 0 Å². The molecule has 0 fully saturated rings. The van der Waals surface area contributed by atoms with Crippen molar-refractivity contribution in [2.24, 2.45) is 0 Å². The molecule has 0 N–H and O–H groups in total. The van der Waals surface area contributed by atoms with Gasteiger partial charge in [-0.25, -0.2) is 0 Å². The number of nitriles is 1. The van der Waals surface area contributed by atoms with Gasteiger partial charge in [0.05, 0.1) is 12.7 Å². The molecule has 1 aromatic carbocycles. The minimum atomic E-state index is 0.568. The maximum atomic E-state index is 8.64. The number of hydrogen-bond donors (Lipinski definition) is 0. The number of rotatable bonds is 8. The quantitative estimate of drug-likeness (QED) is 0.646. The summed E-state index contributed by atoms with van der Waals surface area (Å²) in [5, 5.41) is 8.64. The van der Waals surface area contributed by atoms with Crippen molar-refractivity contribution in [3.63, 3.8) is 0 Å². The molecular formula is C14H20N2O. The largest absolute Gasteiger partial charge is 0.380 e. The molecule has 0 bridgehead atoms. The molecule has 0 saturated carbocycles. The van der Waals surface area contributed by atoms with E-state index in [1.54, 1.807) is 0 Å². The molecule has 0 aromatic heterocycles. The lowest BCUT2D eigenvalue weighted by molar-refractivity contribution is 0.111. The van der Waals surface area contributed by atoms with Crippen LogP contribution in [0.2, 0.25) is 0 Å². The Labute approximate surface area is 104 Å². The first-order valence-electron chi connectivity index (χ1n) is 6.07. The van der Waals surface area contributed by atoms with E-state index in [2.05, 4.69) is 23.1 Å². The molecule has 0 amide bonds. The van der Waals surface area contributed by atoms with Crippen LogP contribution >= 0.6 is 0 Å². The molecule has 3 heteroatoms. The monoisotopic (exact) mass is 232 g/mol. The van der Waals surface area contributed by atoms with Crippen LogP contribution < -0.4 is 0 Å². The molecule has 0 saturated heterocycles. The van der Waals surface area contributed by atoms with Gasteiger partial charge in [0, 0.05) is 32.7 Å². The number of hydrogen-bond acceptors (Lipinski definition) is 3. The standard InChI is InChI=1S/C14H20N2O/c1-2-17-12-11-16(10-6-9-15)13-14-7-4-3-5-8-14/h3-5,7-8H,2,6,10-13H2,1H3. The summed E-state index contributed by atoms with van der Waals surface area (Å²) in [4.78, 5) is 2.26. The van der Waals surface area contributed by atoms with Gasteiger partial charge in [-0.05, 0) is 12.5 Å². The van der Waals surface area contributed by atoms with E-state index in [0.29, 0.717) is 6.42 Å². The molecule has 17 heavy (non-hydrogen) atoms. The minimum absolute atomic E-state index is 0.568. The molecule has 0 heterocycles. The van der Waals surface area contributed by atoms with Gasteiger partial charge in [0.15, 0.2) is 0 Å². The minimum Gasteiger partial charge on any atom is -0.380 e. The van der Waals surface area contributed by atoms with Crippen LogP contribution in [0, 0.1) is 11.3 Å². The Hall–Kier alpha value is -1.37. The first-order valence-corrected chi connectivity index (χ1v) is 6.07. The molecule has 0 aliphatic heterocycles. The molecule has 1 rings (SSSR count). The van der Waals surface area contributed by atoms with E-state index in [9.17, 15) is 0 Å². The van der Waals surface area contributed by atoms with Crippen molar-refractivity contribution in [3.05, 3.63) is 35.9 Å². The van der Waals surface area contributed by atoms with Crippen LogP contribution in [0.1, 0.15) is 18.9 Å². The molecule has 0 spiro atoms. The Kier molecular flexibility index (Phi) is 7.04. The van der Waals surface area contributed by atoms with Crippen molar-refractivity contribution in [3.8, 4) is 6.07 Å². The fraction of sp³-hybridized carbons (Fsp3) is 0.500. The van der Waals surface area contributed by atoms with E-state index in [-0.39, 0.29) is 0 Å². The maximum absolute atomic E-state index is 8.64. The number of benzene rings is 1. The van der Waals surface area contributed by atoms with Gasteiger partial charge < -0.3 is 4.74 Å². The average molecular weight is 232 g/mol. The first-order chi connectivity index (χ1) is 8.36. The summed E-state index contributed by atoms with van der Waals surface area (Å²) in [6.07, 6.45) is 0.568. The third-order valence-corrected chi connectivity index (χ3v) is 2.54. The molecule has 0 aliphatic carbocycles. The summed E-state index contributed by atoms with van der Waals surface area (Å²) in [5.41, 5.74) is 1.28. The number of nitrogens with zero attached hydrogens (tertiary/aromatic N) is 2. The van der Waals surface area contributed by atoms with Gasteiger partial charge in [-0.1, -0.05) is 30.3 Å².